The third kappa shape index (κ3) is 4.68. The van der Waals surface area contributed by atoms with Gasteiger partial charge in [0, 0.05) is 6.42 Å². The zero-order valence-electron chi connectivity index (χ0n) is 6.62. The topological polar surface area (TPSA) is 20.2 Å². The predicted octanol–water partition coefficient (Wildman–Crippen LogP) is 2.05. The first-order valence-electron chi connectivity index (χ1n) is 3.25. The van der Waals surface area contributed by atoms with Crippen LogP contribution in [0.3, 0.4) is 0 Å². The zero-order valence-corrected chi connectivity index (χ0v) is 6.62. The van der Waals surface area contributed by atoms with Crippen molar-refractivity contribution in [3.8, 4) is 0 Å². The molecule has 1 nitrogen and oxygen atoms in total. The Hall–Kier alpha value is -0.180. The van der Waals surface area contributed by atoms with Gasteiger partial charge >= 0.3 is 0 Å². The van der Waals surface area contributed by atoms with E-state index in [9.17, 15) is 8.78 Å². The van der Waals surface area contributed by atoms with Gasteiger partial charge in [0.15, 0.2) is 0 Å². The van der Waals surface area contributed by atoms with Crippen molar-refractivity contribution in [3.05, 3.63) is 0 Å². The van der Waals surface area contributed by atoms with Crippen LogP contribution in [0.15, 0.2) is 0 Å². The Labute approximate surface area is 60.1 Å². The molecule has 0 aromatic carbocycles. The second-order valence-corrected chi connectivity index (χ2v) is 3.75. The minimum Gasteiger partial charge on any atom is -0.390 e. The predicted molar refractivity (Wildman–Crippen MR) is 36.1 cm³/mol. The molecule has 0 saturated heterocycles. The van der Waals surface area contributed by atoms with Crippen LogP contribution < -0.4 is 0 Å². The van der Waals surface area contributed by atoms with Crippen LogP contribution in [0.4, 0.5) is 8.78 Å². The molecule has 0 aliphatic heterocycles. The number of hydrogen-bond donors (Lipinski definition) is 1. The third-order valence-corrected chi connectivity index (χ3v) is 1.02. The van der Waals surface area contributed by atoms with E-state index in [4.69, 9.17) is 5.11 Å². The monoisotopic (exact) mass is 152 g/mol. The Balaban J connectivity index is 3.89. The van der Waals surface area contributed by atoms with E-state index in [2.05, 4.69) is 0 Å². The van der Waals surface area contributed by atoms with Crippen molar-refractivity contribution in [1.82, 2.24) is 0 Å². The lowest BCUT2D eigenvalue weighted by molar-refractivity contribution is -0.0771. The van der Waals surface area contributed by atoms with Gasteiger partial charge in [-0.2, -0.15) is 0 Å². The second kappa shape index (κ2) is 2.82. The van der Waals surface area contributed by atoms with Gasteiger partial charge in [0.25, 0.3) is 5.92 Å². The summed E-state index contributed by atoms with van der Waals surface area (Å²) in [6, 6.07) is 0. The van der Waals surface area contributed by atoms with Crippen LogP contribution in [0.1, 0.15) is 27.2 Å². The molecule has 3 heteroatoms. The highest BCUT2D eigenvalue weighted by atomic mass is 19.3. The highest BCUT2D eigenvalue weighted by Gasteiger charge is 2.33. The van der Waals surface area contributed by atoms with Crippen molar-refractivity contribution < 1.29 is 13.9 Å². The Morgan fingerprint density at radius 1 is 1.20 bits per heavy atom. The average molecular weight is 152 g/mol. The molecule has 0 saturated carbocycles. The fourth-order valence-electron chi connectivity index (χ4n) is 0.832. The molecule has 10 heavy (non-hydrogen) atoms. The number of hydrogen-bond acceptors (Lipinski definition) is 1. The summed E-state index contributed by atoms with van der Waals surface area (Å²) in [6.07, 6.45) is -0.267. The smallest absolute Gasteiger partial charge is 0.271 e. The number of halogens is 2. The van der Waals surface area contributed by atoms with Crippen LogP contribution >= 0.6 is 0 Å². The number of rotatable bonds is 2. The summed E-state index contributed by atoms with van der Waals surface area (Å²) in [7, 11) is 0. The van der Waals surface area contributed by atoms with Crippen molar-refractivity contribution >= 4 is 0 Å². The fraction of sp³-hybridized carbons (Fsp3) is 1.00. The molecule has 0 rings (SSSR count). The summed E-state index contributed by atoms with van der Waals surface area (Å²) >= 11 is 0. The molecular weight excluding hydrogens is 138 g/mol. The molecule has 0 aromatic heterocycles. The fourth-order valence-corrected chi connectivity index (χ4v) is 0.832. The van der Waals surface area contributed by atoms with Gasteiger partial charge in [0.2, 0.25) is 0 Å². The minimum atomic E-state index is -2.92. The van der Waals surface area contributed by atoms with Crippen molar-refractivity contribution in [1.29, 1.82) is 0 Å². The number of aliphatic hydroxyl groups is 1. The van der Waals surface area contributed by atoms with Gasteiger partial charge < -0.3 is 5.11 Å². The molecule has 0 amide bonds. The van der Waals surface area contributed by atoms with Crippen LogP contribution in [-0.4, -0.2) is 17.6 Å². The first kappa shape index (κ1) is 9.82. The summed E-state index contributed by atoms with van der Waals surface area (Å²) in [5.74, 6) is -2.92. The Morgan fingerprint density at radius 2 is 1.60 bits per heavy atom. The van der Waals surface area contributed by atoms with Gasteiger partial charge in [-0.25, -0.2) is 8.78 Å². The molecule has 0 aliphatic carbocycles. The molecule has 1 N–H and O–H groups in total. The standard InChI is InChI=1S/C7H14F2O/c1-6(2,3)4-7(8,9)5-10/h10H,4-5H2,1-3H3. The van der Waals surface area contributed by atoms with E-state index in [1.807, 2.05) is 0 Å². The van der Waals surface area contributed by atoms with Gasteiger partial charge in [-0.15, -0.1) is 0 Å². The molecule has 0 radical (unpaired) electrons. The van der Waals surface area contributed by atoms with E-state index >= 15 is 0 Å². The first-order chi connectivity index (χ1) is 4.27. The summed E-state index contributed by atoms with van der Waals surface area (Å²) in [4.78, 5) is 0. The van der Waals surface area contributed by atoms with Crippen LogP contribution in [0.25, 0.3) is 0 Å². The second-order valence-electron chi connectivity index (χ2n) is 3.75. The molecule has 0 unspecified atom stereocenters. The Bertz CT molecular complexity index is 105. The van der Waals surface area contributed by atoms with E-state index in [0.29, 0.717) is 0 Å². The molecule has 62 valence electrons. The molecule has 0 fully saturated rings. The van der Waals surface area contributed by atoms with E-state index < -0.39 is 17.9 Å². The van der Waals surface area contributed by atoms with Gasteiger partial charge in [-0.3, -0.25) is 0 Å². The lowest BCUT2D eigenvalue weighted by atomic mass is 9.89. The van der Waals surface area contributed by atoms with E-state index in [1.165, 1.54) is 0 Å². The highest BCUT2D eigenvalue weighted by Crippen LogP contribution is 2.30. The zero-order chi connectivity index (χ0) is 8.41. The van der Waals surface area contributed by atoms with Gasteiger partial charge in [0.1, 0.15) is 6.61 Å². The molecular formula is C7H14F2O. The quantitative estimate of drug-likeness (QED) is 0.642. The third-order valence-electron chi connectivity index (χ3n) is 1.02. The maximum atomic E-state index is 12.4. The number of alkyl halides is 2. The molecule has 0 bridgehead atoms. The Morgan fingerprint density at radius 3 is 1.70 bits per heavy atom. The SMILES string of the molecule is CC(C)(C)CC(F)(F)CO. The van der Waals surface area contributed by atoms with Crippen LogP contribution in [0.5, 0.6) is 0 Å². The largest absolute Gasteiger partial charge is 0.390 e. The highest BCUT2D eigenvalue weighted by molar-refractivity contribution is 4.73. The minimum absolute atomic E-state index is 0.267. The van der Waals surface area contributed by atoms with Crippen LogP contribution in [0.2, 0.25) is 0 Å². The lowest BCUT2D eigenvalue weighted by Gasteiger charge is -2.23. The number of aliphatic hydroxyl groups excluding tert-OH is 1. The van der Waals surface area contributed by atoms with Crippen molar-refractivity contribution in [2.75, 3.05) is 6.61 Å². The molecule has 0 spiro atoms. The van der Waals surface area contributed by atoms with Crippen molar-refractivity contribution in [2.24, 2.45) is 5.41 Å². The van der Waals surface area contributed by atoms with Crippen molar-refractivity contribution in [2.45, 2.75) is 33.1 Å². The van der Waals surface area contributed by atoms with Crippen LogP contribution in [0, 0.1) is 5.41 Å². The summed E-state index contributed by atoms with van der Waals surface area (Å²) in [5, 5.41) is 8.21. The maximum absolute atomic E-state index is 12.4. The Kier molecular flexibility index (Phi) is 2.77. The molecule has 0 aliphatic rings. The normalized spacial score (nSPS) is 13.8. The van der Waals surface area contributed by atoms with E-state index in [-0.39, 0.29) is 6.42 Å². The first-order valence-corrected chi connectivity index (χ1v) is 3.25. The van der Waals surface area contributed by atoms with Gasteiger partial charge in [-0.05, 0) is 5.41 Å². The summed E-state index contributed by atoms with van der Waals surface area (Å²) < 4.78 is 24.8. The molecule has 0 atom stereocenters. The summed E-state index contributed by atoms with van der Waals surface area (Å²) in [6.45, 7) is 4.11. The van der Waals surface area contributed by atoms with Crippen molar-refractivity contribution in [3.63, 3.8) is 0 Å². The van der Waals surface area contributed by atoms with Crippen LogP contribution in [-0.2, 0) is 0 Å². The lowest BCUT2D eigenvalue weighted by Crippen LogP contribution is -2.27. The summed E-state index contributed by atoms with van der Waals surface area (Å²) in [5.41, 5.74) is -0.424. The maximum Gasteiger partial charge on any atom is 0.271 e. The average Bonchev–Trinajstić information content (AvgIpc) is 1.60. The van der Waals surface area contributed by atoms with Gasteiger partial charge in [-0.1, -0.05) is 20.8 Å². The van der Waals surface area contributed by atoms with E-state index in [0.717, 1.165) is 0 Å². The molecule has 0 heterocycles. The van der Waals surface area contributed by atoms with Gasteiger partial charge in [0.05, 0.1) is 0 Å². The molecule has 0 aromatic rings. The van der Waals surface area contributed by atoms with E-state index in [1.54, 1.807) is 20.8 Å².